The molecule has 0 aliphatic heterocycles. The summed E-state index contributed by atoms with van der Waals surface area (Å²) in [7, 11) is -4.29. The zero-order valence-corrected chi connectivity index (χ0v) is 7.26. The summed E-state index contributed by atoms with van der Waals surface area (Å²) in [6.45, 7) is 4.73. The Hall–Kier alpha value is 0.0700. The predicted molar refractivity (Wildman–Crippen MR) is 37.9 cm³/mol. The molecule has 0 saturated heterocycles. The van der Waals surface area contributed by atoms with Crippen molar-refractivity contribution in [2.24, 2.45) is 0 Å². The summed E-state index contributed by atoms with van der Waals surface area (Å²) < 4.78 is 14.4. The highest BCUT2D eigenvalue weighted by Gasteiger charge is 2.23. The molecule has 5 N–H and O–H groups in total. The van der Waals surface area contributed by atoms with Crippen molar-refractivity contribution in [2.45, 2.75) is 26.4 Å². The van der Waals surface area contributed by atoms with Crippen LogP contribution in [0.4, 0.5) is 0 Å². The van der Waals surface area contributed by atoms with Crippen LogP contribution in [0, 0.1) is 0 Å². The van der Waals surface area contributed by atoms with E-state index < -0.39 is 13.4 Å². The average molecular weight is 171 g/mol. The van der Waals surface area contributed by atoms with Gasteiger partial charge in [0.1, 0.15) is 0 Å². The van der Waals surface area contributed by atoms with E-state index in [0.717, 1.165) is 0 Å². The van der Waals surface area contributed by atoms with Crippen molar-refractivity contribution in [3.05, 3.63) is 0 Å². The van der Waals surface area contributed by atoms with Gasteiger partial charge in [0.05, 0.1) is 5.60 Å². The maximum absolute atomic E-state index is 10.1. The third-order valence-corrected chi connectivity index (χ3v) is 1.18. The third kappa shape index (κ3) is 10.9. The Morgan fingerprint density at radius 3 is 1.60 bits per heavy atom. The lowest BCUT2D eigenvalue weighted by Gasteiger charge is -2.18. The minimum atomic E-state index is -4.29. The quantitative estimate of drug-likeness (QED) is 0.512. The van der Waals surface area contributed by atoms with Crippen LogP contribution in [-0.4, -0.2) is 15.4 Å². The normalized spacial score (nSPS) is 12.5. The van der Waals surface area contributed by atoms with Crippen LogP contribution in [0.25, 0.3) is 0 Å². The Balaban J connectivity index is 0. The maximum Gasteiger partial charge on any atom is 0.470 e. The number of hydrogen-bond acceptors (Lipinski definition) is 3. The van der Waals surface area contributed by atoms with Gasteiger partial charge in [0.15, 0.2) is 0 Å². The summed E-state index contributed by atoms with van der Waals surface area (Å²) in [5.41, 5.74) is -0.779. The molecule has 0 saturated carbocycles. The molecule has 0 amide bonds. The van der Waals surface area contributed by atoms with Crippen molar-refractivity contribution in [3.63, 3.8) is 0 Å². The van der Waals surface area contributed by atoms with E-state index in [1.165, 1.54) is 0 Å². The lowest BCUT2D eigenvalue weighted by atomic mass is 10.2. The standard InChI is InChI=1S/C4H11O4P.H3N/c1-4(2,3)8-9(5,6)7;/h1-3H3,(H2,5,6,7);1H3. The first-order valence-electron chi connectivity index (χ1n) is 2.47. The molecule has 0 aliphatic carbocycles. The van der Waals surface area contributed by atoms with Crippen LogP contribution in [0.3, 0.4) is 0 Å². The van der Waals surface area contributed by atoms with Crippen molar-refractivity contribution in [1.29, 1.82) is 0 Å². The summed E-state index contributed by atoms with van der Waals surface area (Å²) >= 11 is 0. The van der Waals surface area contributed by atoms with Gasteiger partial charge < -0.3 is 15.9 Å². The second kappa shape index (κ2) is 3.46. The number of phosphoric ester groups is 1. The SMILES string of the molecule is CC(C)(C)OP(=O)(O)O.N. The molecule has 0 aliphatic rings. The molecule has 0 bridgehead atoms. The fraction of sp³-hybridized carbons (Fsp3) is 1.00. The van der Waals surface area contributed by atoms with Crippen molar-refractivity contribution in [3.8, 4) is 0 Å². The van der Waals surface area contributed by atoms with Crippen LogP contribution in [0.5, 0.6) is 0 Å². The molecular formula is C4H14NO4P. The highest BCUT2D eigenvalue weighted by Crippen LogP contribution is 2.40. The summed E-state index contributed by atoms with van der Waals surface area (Å²) in [6.07, 6.45) is 0. The van der Waals surface area contributed by atoms with Crippen molar-refractivity contribution < 1.29 is 18.9 Å². The fourth-order valence-electron chi connectivity index (χ4n) is 0.357. The van der Waals surface area contributed by atoms with Crippen molar-refractivity contribution in [2.75, 3.05) is 0 Å². The van der Waals surface area contributed by atoms with E-state index >= 15 is 0 Å². The van der Waals surface area contributed by atoms with Crippen LogP contribution in [0.2, 0.25) is 0 Å². The van der Waals surface area contributed by atoms with Crippen LogP contribution < -0.4 is 6.15 Å². The summed E-state index contributed by atoms with van der Waals surface area (Å²) in [5.74, 6) is 0. The third-order valence-electron chi connectivity index (χ3n) is 0.393. The largest absolute Gasteiger partial charge is 0.470 e. The Morgan fingerprint density at radius 2 is 1.60 bits per heavy atom. The molecule has 0 aromatic rings. The van der Waals surface area contributed by atoms with Gasteiger partial charge >= 0.3 is 7.82 Å². The average Bonchev–Trinajstić information content (AvgIpc) is 1.14. The Morgan fingerprint density at radius 1 is 1.30 bits per heavy atom. The molecule has 0 fully saturated rings. The molecule has 64 valence electrons. The van der Waals surface area contributed by atoms with Crippen LogP contribution in [0.1, 0.15) is 20.8 Å². The van der Waals surface area contributed by atoms with Gasteiger partial charge in [-0.3, -0.25) is 4.52 Å². The van der Waals surface area contributed by atoms with Crippen LogP contribution >= 0.6 is 7.82 Å². The minimum absolute atomic E-state index is 0. The predicted octanol–water partition coefficient (Wildman–Crippen LogP) is 1.06. The van der Waals surface area contributed by atoms with E-state index in [-0.39, 0.29) is 6.15 Å². The Labute approximate surface area is 60.2 Å². The molecule has 0 aromatic carbocycles. The molecule has 0 spiro atoms. The van der Waals surface area contributed by atoms with Crippen molar-refractivity contribution in [1.82, 2.24) is 6.15 Å². The van der Waals surface area contributed by atoms with Gasteiger partial charge in [0, 0.05) is 0 Å². The zero-order chi connectivity index (χ0) is 7.71. The first-order chi connectivity index (χ1) is 3.71. The molecule has 0 radical (unpaired) electrons. The van der Waals surface area contributed by atoms with Crippen LogP contribution in [0.15, 0.2) is 0 Å². The second-order valence-corrected chi connectivity index (χ2v) is 3.86. The molecular weight excluding hydrogens is 157 g/mol. The van der Waals surface area contributed by atoms with E-state index in [2.05, 4.69) is 4.52 Å². The molecule has 6 heteroatoms. The van der Waals surface area contributed by atoms with E-state index in [4.69, 9.17) is 9.79 Å². The van der Waals surface area contributed by atoms with Gasteiger partial charge in [-0.25, -0.2) is 4.57 Å². The van der Waals surface area contributed by atoms with E-state index in [1.54, 1.807) is 20.8 Å². The Kier molecular flexibility index (Phi) is 4.40. The topological polar surface area (TPSA) is 102 Å². The highest BCUT2D eigenvalue weighted by atomic mass is 31.2. The smallest absolute Gasteiger partial charge is 0.344 e. The van der Waals surface area contributed by atoms with Gasteiger partial charge in [0.25, 0.3) is 0 Å². The van der Waals surface area contributed by atoms with Gasteiger partial charge in [-0.2, -0.15) is 0 Å². The van der Waals surface area contributed by atoms with Gasteiger partial charge in [0.2, 0.25) is 0 Å². The number of phosphoric acid groups is 1. The highest BCUT2D eigenvalue weighted by molar-refractivity contribution is 7.46. The summed E-state index contributed by atoms with van der Waals surface area (Å²) in [4.78, 5) is 16.5. The monoisotopic (exact) mass is 171 g/mol. The molecule has 0 unspecified atom stereocenters. The number of rotatable bonds is 1. The molecule has 0 rings (SSSR count). The van der Waals surface area contributed by atoms with E-state index in [1.807, 2.05) is 0 Å². The van der Waals surface area contributed by atoms with Gasteiger partial charge in [-0.15, -0.1) is 0 Å². The van der Waals surface area contributed by atoms with Crippen molar-refractivity contribution >= 4 is 7.82 Å². The first-order valence-corrected chi connectivity index (χ1v) is 4.00. The molecule has 5 nitrogen and oxygen atoms in total. The van der Waals surface area contributed by atoms with E-state index in [0.29, 0.717) is 0 Å². The minimum Gasteiger partial charge on any atom is -0.344 e. The van der Waals surface area contributed by atoms with Crippen LogP contribution in [-0.2, 0) is 9.09 Å². The van der Waals surface area contributed by atoms with E-state index in [9.17, 15) is 4.57 Å². The first kappa shape index (κ1) is 12.7. The molecule has 0 atom stereocenters. The maximum atomic E-state index is 10.1. The summed E-state index contributed by atoms with van der Waals surface area (Å²) in [5, 5.41) is 0. The zero-order valence-electron chi connectivity index (χ0n) is 6.37. The second-order valence-electron chi connectivity index (χ2n) is 2.69. The molecule has 0 aromatic heterocycles. The lowest BCUT2D eigenvalue weighted by molar-refractivity contribution is 0.0810. The molecule has 10 heavy (non-hydrogen) atoms. The summed E-state index contributed by atoms with van der Waals surface area (Å²) in [6, 6.07) is 0. The van der Waals surface area contributed by atoms with Gasteiger partial charge in [-0.1, -0.05) is 0 Å². The van der Waals surface area contributed by atoms with Gasteiger partial charge in [-0.05, 0) is 20.8 Å². The molecule has 0 heterocycles. The Bertz CT molecular complexity index is 135. The number of hydrogen-bond donors (Lipinski definition) is 3. The lowest BCUT2D eigenvalue weighted by Crippen LogP contribution is -2.16. The fourth-order valence-corrected chi connectivity index (χ4v) is 1.07.